The lowest BCUT2D eigenvalue weighted by atomic mass is 9.81. The van der Waals surface area contributed by atoms with Gasteiger partial charge in [0.25, 0.3) is 0 Å². The van der Waals surface area contributed by atoms with Crippen LogP contribution in [0.5, 0.6) is 0 Å². The Morgan fingerprint density at radius 3 is 0.837 bits per heavy atom. The summed E-state index contributed by atoms with van der Waals surface area (Å²) in [5.41, 5.74) is 1.80. The highest BCUT2D eigenvalue weighted by Crippen LogP contribution is 2.55. The quantitative estimate of drug-likeness (QED) is 0.131. The summed E-state index contributed by atoms with van der Waals surface area (Å²) in [4.78, 5) is 3.39. The van der Waals surface area contributed by atoms with E-state index in [0.717, 1.165) is 12.6 Å². The Morgan fingerprint density at radius 1 is 0.395 bits per heavy atom. The van der Waals surface area contributed by atoms with E-state index in [2.05, 4.69) is 163 Å². The molecule has 0 radical (unpaired) electrons. The first-order valence-electron chi connectivity index (χ1n) is 17.5. The van der Waals surface area contributed by atoms with Crippen molar-refractivity contribution in [3.8, 4) is 0 Å². The molecule has 5 heteroatoms. The molecule has 43 heavy (non-hydrogen) atoms. The Hall–Kier alpha value is 0.270. The molecule has 0 aromatic carbocycles. The predicted molar refractivity (Wildman–Crippen MR) is 199 cm³/mol. The first-order chi connectivity index (χ1) is 18.5. The molecule has 0 fully saturated rings. The smallest absolute Gasteiger partial charge is 0.188 e. The molecule has 0 aliphatic rings. The zero-order valence-electron chi connectivity index (χ0n) is 34.1. The molecule has 0 aliphatic heterocycles. The van der Waals surface area contributed by atoms with Crippen molar-refractivity contribution in [3.05, 3.63) is 0 Å². The van der Waals surface area contributed by atoms with E-state index in [1.54, 1.807) is 9.80 Å². The monoisotopic (exact) mass is 630 g/mol. The van der Waals surface area contributed by atoms with Gasteiger partial charge in [-0.25, -0.2) is 0 Å². The van der Waals surface area contributed by atoms with E-state index in [1.807, 2.05) is 0 Å². The van der Waals surface area contributed by atoms with Crippen molar-refractivity contribution in [2.45, 2.75) is 186 Å². The standard InChI is InChI=1S/C38H84N4P/c1-31(2,3)23-35(13,14)39-27-43(28-40-36(15,16)24-32(4,5)6,29-41(21)37(17,18)25-33(7,8)9)30-42(22)38(19,20)26-34(10,11)12/h39-40H,23-30H2,1-22H3/q+1/p+2. The third-order valence-electron chi connectivity index (χ3n) is 9.13. The zero-order chi connectivity index (χ0) is 34.7. The summed E-state index contributed by atoms with van der Waals surface area (Å²) >= 11 is 0. The molecule has 0 aromatic heterocycles. The van der Waals surface area contributed by atoms with Crippen LogP contribution in [-0.2, 0) is 0 Å². The van der Waals surface area contributed by atoms with Crippen LogP contribution >= 0.6 is 7.26 Å². The lowest BCUT2D eigenvalue weighted by Gasteiger charge is -2.44. The first-order valence-corrected chi connectivity index (χ1v) is 20.0. The lowest BCUT2D eigenvalue weighted by Crippen LogP contribution is -3.19. The third-order valence-corrected chi connectivity index (χ3v) is 13.1. The molecule has 260 valence electrons. The summed E-state index contributed by atoms with van der Waals surface area (Å²) in [5, 5.41) is 8.47. The van der Waals surface area contributed by atoms with Gasteiger partial charge in [0.2, 0.25) is 0 Å². The SMILES string of the molecule is C[NH+](C[P+](CNC(C)(C)CC(C)(C)C)(CNC(C)(C)CC(C)(C)C)C[NH+](C)C(C)(C)CC(C)(C)C)C(C)(C)CC(C)(C)C. The van der Waals surface area contributed by atoms with Gasteiger partial charge in [0.05, 0.1) is 25.2 Å². The molecular formula is C38H86N4P+3. The van der Waals surface area contributed by atoms with E-state index in [0.29, 0.717) is 10.8 Å². The predicted octanol–water partition coefficient (Wildman–Crippen LogP) is 7.90. The molecule has 0 aliphatic carbocycles. The molecule has 2 atom stereocenters. The molecule has 0 aromatic rings. The summed E-state index contributed by atoms with van der Waals surface area (Å²) < 4.78 is 0. The number of hydrogen-bond acceptors (Lipinski definition) is 2. The first kappa shape index (κ1) is 43.3. The molecular weight excluding hydrogens is 543 g/mol. The van der Waals surface area contributed by atoms with Crippen molar-refractivity contribution in [2.24, 2.45) is 21.7 Å². The van der Waals surface area contributed by atoms with Gasteiger partial charge in [-0.15, -0.1) is 0 Å². The Labute approximate surface area is 274 Å². The number of quaternary nitrogens is 2. The second-order valence-corrected chi connectivity index (χ2v) is 26.3. The largest absolute Gasteiger partial charge is 0.302 e. The van der Waals surface area contributed by atoms with Crippen LogP contribution in [0.2, 0.25) is 0 Å². The van der Waals surface area contributed by atoms with E-state index >= 15 is 0 Å². The molecule has 0 bridgehead atoms. The zero-order valence-corrected chi connectivity index (χ0v) is 35.0. The maximum absolute atomic E-state index is 4.23. The maximum atomic E-state index is 4.23. The molecule has 4 N–H and O–H groups in total. The van der Waals surface area contributed by atoms with Crippen LogP contribution < -0.4 is 20.4 Å². The molecule has 0 amide bonds. The molecule has 2 unspecified atom stereocenters. The normalized spacial score (nSPS) is 16.9. The van der Waals surface area contributed by atoms with Gasteiger partial charge in [-0.1, -0.05) is 83.1 Å². The van der Waals surface area contributed by atoms with Gasteiger partial charge in [0, 0.05) is 23.9 Å². The fourth-order valence-electron chi connectivity index (χ4n) is 8.26. The second-order valence-electron chi connectivity index (χ2n) is 22.4. The number of nitrogens with one attached hydrogen (secondary N) is 4. The van der Waals surface area contributed by atoms with Crippen molar-refractivity contribution in [1.29, 1.82) is 0 Å². The minimum atomic E-state index is -1.55. The summed E-state index contributed by atoms with van der Waals surface area (Å²) in [5.74, 6) is 0. The molecule has 0 saturated heterocycles. The van der Waals surface area contributed by atoms with E-state index in [1.165, 1.54) is 38.3 Å². The molecule has 0 spiro atoms. The van der Waals surface area contributed by atoms with Crippen LogP contribution in [0.3, 0.4) is 0 Å². The van der Waals surface area contributed by atoms with Gasteiger partial charge in [-0.3, -0.25) is 10.6 Å². The van der Waals surface area contributed by atoms with Crippen molar-refractivity contribution >= 4 is 7.26 Å². The van der Waals surface area contributed by atoms with Crippen molar-refractivity contribution in [1.82, 2.24) is 10.6 Å². The fraction of sp³-hybridized carbons (Fsp3) is 1.00. The Kier molecular flexibility index (Phi) is 14.7. The van der Waals surface area contributed by atoms with Gasteiger partial charge >= 0.3 is 0 Å². The average molecular weight is 630 g/mol. The van der Waals surface area contributed by atoms with Crippen LogP contribution in [0.15, 0.2) is 0 Å². The van der Waals surface area contributed by atoms with Crippen LogP contribution in [0, 0.1) is 21.7 Å². The van der Waals surface area contributed by atoms with E-state index < -0.39 is 7.26 Å². The topological polar surface area (TPSA) is 32.9 Å². The molecule has 0 rings (SSSR count). The summed E-state index contributed by atoms with van der Waals surface area (Å²) in [6.45, 7) is 48.5. The van der Waals surface area contributed by atoms with E-state index in [4.69, 9.17) is 0 Å². The Morgan fingerprint density at radius 2 is 0.628 bits per heavy atom. The highest BCUT2D eigenvalue weighted by Gasteiger charge is 2.51. The lowest BCUT2D eigenvalue weighted by molar-refractivity contribution is -0.928. The Bertz CT molecular complexity index is 758. The van der Waals surface area contributed by atoms with E-state index in [9.17, 15) is 0 Å². The summed E-state index contributed by atoms with van der Waals surface area (Å²) in [7, 11) is 3.44. The summed E-state index contributed by atoms with van der Waals surface area (Å²) in [6, 6.07) is 0. The minimum Gasteiger partial charge on any atom is -0.302 e. The van der Waals surface area contributed by atoms with Crippen LogP contribution in [-0.4, -0.2) is 61.4 Å². The van der Waals surface area contributed by atoms with Crippen LogP contribution in [0.4, 0.5) is 0 Å². The molecule has 4 nitrogen and oxygen atoms in total. The van der Waals surface area contributed by atoms with Gasteiger partial charge in [-0.2, -0.15) is 0 Å². The molecule has 0 heterocycles. The fourth-order valence-corrected chi connectivity index (χ4v) is 13.3. The third kappa shape index (κ3) is 18.9. The van der Waals surface area contributed by atoms with Crippen molar-refractivity contribution in [2.75, 3.05) is 39.2 Å². The van der Waals surface area contributed by atoms with Crippen molar-refractivity contribution < 1.29 is 9.80 Å². The van der Waals surface area contributed by atoms with Gasteiger partial charge < -0.3 is 9.80 Å². The summed E-state index contributed by atoms with van der Waals surface area (Å²) in [6.07, 6.45) is 9.51. The molecule has 0 saturated carbocycles. The van der Waals surface area contributed by atoms with Gasteiger partial charge in [0.1, 0.15) is 12.6 Å². The van der Waals surface area contributed by atoms with Gasteiger partial charge in [0.15, 0.2) is 19.8 Å². The minimum absolute atomic E-state index is 0.0914. The van der Waals surface area contributed by atoms with Crippen molar-refractivity contribution in [3.63, 3.8) is 0 Å². The highest BCUT2D eigenvalue weighted by atomic mass is 31.2. The number of rotatable bonds is 16. The van der Waals surface area contributed by atoms with Gasteiger partial charge in [-0.05, 0) is 89.9 Å². The number of hydrogen-bond donors (Lipinski definition) is 4. The van der Waals surface area contributed by atoms with Crippen LogP contribution in [0.25, 0.3) is 0 Å². The highest BCUT2D eigenvalue weighted by molar-refractivity contribution is 7.75. The van der Waals surface area contributed by atoms with Crippen LogP contribution in [0.1, 0.15) is 164 Å². The maximum Gasteiger partial charge on any atom is 0.188 e. The average Bonchev–Trinajstić information content (AvgIpc) is 2.63. The second kappa shape index (κ2) is 14.6. The van der Waals surface area contributed by atoms with E-state index in [-0.39, 0.29) is 33.0 Å². The Balaban J connectivity index is 6.87.